The monoisotopic (exact) mass is 306 g/mol. The van der Waals surface area contributed by atoms with Gasteiger partial charge in [-0.1, -0.05) is 27.7 Å². The summed E-state index contributed by atoms with van der Waals surface area (Å²) in [5.74, 6) is -1.19. The minimum absolute atomic E-state index is 0.0259. The van der Waals surface area contributed by atoms with E-state index in [0.29, 0.717) is 18.3 Å². The Kier molecular flexibility index (Phi) is 2.20. The van der Waals surface area contributed by atoms with E-state index < -0.39 is 11.6 Å². The number of rotatable bonds is 0. The summed E-state index contributed by atoms with van der Waals surface area (Å²) in [6.45, 7) is 8.76. The molecule has 0 radical (unpaired) electrons. The first-order valence-corrected chi connectivity index (χ1v) is 8.76. The zero-order chi connectivity index (χ0) is 15.7. The molecule has 1 spiro atoms. The number of carbonyl (C=O) groups is 1. The van der Waals surface area contributed by atoms with Crippen LogP contribution in [0.25, 0.3) is 0 Å². The third-order valence-corrected chi connectivity index (χ3v) is 8.27. The molecule has 22 heavy (non-hydrogen) atoms. The van der Waals surface area contributed by atoms with Crippen molar-refractivity contribution < 1.29 is 19.4 Å². The minimum Gasteiger partial charge on any atom is -0.363 e. The third-order valence-electron chi connectivity index (χ3n) is 8.27. The van der Waals surface area contributed by atoms with Gasteiger partial charge in [0, 0.05) is 18.3 Å². The van der Waals surface area contributed by atoms with E-state index in [1.807, 2.05) is 0 Å². The SMILES string of the molecule is CC1(C)[C@H]2C[C@@H]3O[C@]4(C[C@H]5C[C@@H](C4=O)C5(C)C)O[C@]3(O)[C@@H]1C2. The summed E-state index contributed by atoms with van der Waals surface area (Å²) in [7, 11) is 0. The predicted octanol–water partition coefficient (Wildman–Crippen LogP) is 2.49. The quantitative estimate of drug-likeness (QED) is 0.747. The molecule has 0 aromatic heterocycles. The lowest BCUT2D eigenvalue weighted by molar-refractivity contribution is -0.332. The number of aliphatic hydroxyl groups is 1. The molecule has 1 aliphatic heterocycles. The van der Waals surface area contributed by atoms with Crippen molar-refractivity contribution in [1.82, 2.24) is 0 Å². The third kappa shape index (κ3) is 1.24. The summed E-state index contributed by atoms with van der Waals surface area (Å²) >= 11 is 0. The maximum Gasteiger partial charge on any atom is 0.232 e. The largest absolute Gasteiger partial charge is 0.363 e. The number of carbonyl (C=O) groups excluding carboxylic acids is 1. The van der Waals surface area contributed by atoms with Gasteiger partial charge in [0.05, 0.1) is 0 Å². The summed E-state index contributed by atoms with van der Waals surface area (Å²) in [5.41, 5.74) is 0.146. The van der Waals surface area contributed by atoms with Crippen LogP contribution in [0.5, 0.6) is 0 Å². The topological polar surface area (TPSA) is 55.8 Å². The Balaban J connectivity index is 1.50. The Labute approximate surface area is 131 Å². The van der Waals surface area contributed by atoms with Gasteiger partial charge in [-0.15, -0.1) is 0 Å². The molecule has 1 saturated heterocycles. The van der Waals surface area contributed by atoms with Crippen LogP contribution in [0.15, 0.2) is 0 Å². The molecule has 0 unspecified atom stereocenters. The summed E-state index contributed by atoms with van der Waals surface area (Å²) < 4.78 is 12.3. The van der Waals surface area contributed by atoms with Crippen LogP contribution in [0.4, 0.5) is 0 Å². The molecule has 7 atom stereocenters. The molecule has 1 heterocycles. The molecule has 7 fully saturated rings. The zero-order valence-corrected chi connectivity index (χ0v) is 13.9. The Hall–Kier alpha value is -0.450. The highest BCUT2D eigenvalue weighted by molar-refractivity contribution is 5.91. The van der Waals surface area contributed by atoms with Gasteiger partial charge in [0.15, 0.2) is 11.6 Å². The van der Waals surface area contributed by atoms with Crippen molar-refractivity contribution >= 4 is 5.78 Å². The highest BCUT2D eigenvalue weighted by Crippen LogP contribution is 2.69. The standard InChI is InChI=1S/C18H26O4/c1-15(2)10-5-11(15)14(19)17(8-10)21-13-7-9-6-12(16(9,3)4)18(13,20)22-17/h9-13,20H,5-8H2,1-4H3/t9-,10-,11+,12-,13+,17-,18-/m1/s1. The van der Waals surface area contributed by atoms with Gasteiger partial charge < -0.3 is 14.6 Å². The Morgan fingerprint density at radius 2 is 1.77 bits per heavy atom. The molecule has 7 rings (SSSR count). The van der Waals surface area contributed by atoms with Crippen molar-refractivity contribution in [3.8, 4) is 0 Å². The number of hydrogen-bond acceptors (Lipinski definition) is 4. The van der Waals surface area contributed by atoms with Gasteiger partial charge in [-0.25, -0.2) is 0 Å². The van der Waals surface area contributed by atoms with E-state index in [1.165, 1.54) is 0 Å². The van der Waals surface area contributed by atoms with Crippen LogP contribution in [-0.4, -0.2) is 28.6 Å². The Morgan fingerprint density at radius 3 is 2.36 bits per heavy atom. The fourth-order valence-electron chi connectivity index (χ4n) is 6.25. The maximum absolute atomic E-state index is 13.0. The van der Waals surface area contributed by atoms with E-state index in [4.69, 9.17) is 9.47 Å². The Bertz CT molecular complexity index is 582. The van der Waals surface area contributed by atoms with Crippen molar-refractivity contribution in [3.63, 3.8) is 0 Å². The van der Waals surface area contributed by atoms with E-state index in [2.05, 4.69) is 27.7 Å². The van der Waals surface area contributed by atoms with E-state index in [1.54, 1.807) is 0 Å². The van der Waals surface area contributed by atoms with Crippen molar-refractivity contribution in [2.24, 2.45) is 34.5 Å². The molecule has 4 heteroatoms. The summed E-state index contributed by atoms with van der Waals surface area (Å²) in [4.78, 5) is 13.0. The molecule has 122 valence electrons. The van der Waals surface area contributed by atoms with Crippen LogP contribution in [-0.2, 0) is 14.3 Å². The Morgan fingerprint density at radius 1 is 1.05 bits per heavy atom. The second-order valence-corrected chi connectivity index (χ2v) is 9.63. The summed E-state index contributed by atoms with van der Waals surface area (Å²) in [5, 5.41) is 11.2. The van der Waals surface area contributed by atoms with Gasteiger partial charge in [0.1, 0.15) is 6.10 Å². The van der Waals surface area contributed by atoms with Crippen LogP contribution in [0.3, 0.4) is 0 Å². The molecular weight excluding hydrogens is 280 g/mol. The van der Waals surface area contributed by atoms with Crippen molar-refractivity contribution in [1.29, 1.82) is 0 Å². The first kappa shape index (κ1) is 13.9. The molecule has 0 amide bonds. The van der Waals surface area contributed by atoms with E-state index in [-0.39, 0.29) is 34.6 Å². The van der Waals surface area contributed by atoms with E-state index in [9.17, 15) is 9.90 Å². The number of Topliss-reactive ketones (excluding diaryl/α,β-unsaturated/α-hetero) is 1. The van der Waals surface area contributed by atoms with Crippen molar-refractivity contribution in [2.45, 2.75) is 71.1 Å². The molecule has 1 N–H and O–H groups in total. The fourth-order valence-corrected chi connectivity index (χ4v) is 6.25. The van der Waals surface area contributed by atoms with Gasteiger partial charge in [0.25, 0.3) is 0 Å². The van der Waals surface area contributed by atoms with E-state index in [0.717, 1.165) is 19.3 Å². The van der Waals surface area contributed by atoms with Crippen molar-refractivity contribution in [3.05, 3.63) is 0 Å². The molecule has 0 aromatic carbocycles. The lowest BCUT2D eigenvalue weighted by atomic mass is 9.46. The molecule has 4 nitrogen and oxygen atoms in total. The lowest BCUT2D eigenvalue weighted by Crippen LogP contribution is -2.67. The van der Waals surface area contributed by atoms with Crippen LogP contribution >= 0.6 is 0 Å². The van der Waals surface area contributed by atoms with E-state index >= 15 is 0 Å². The van der Waals surface area contributed by atoms with Gasteiger partial charge >= 0.3 is 0 Å². The minimum atomic E-state index is -1.26. The molecule has 4 bridgehead atoms. The van der Waals surface area contributed by atoms with Crippen LogP contribution in [0, 0.1) is 34.5 Å². The van der Waals surface area contributed by atoms with Gasteiger partial charge in [0.2, 0.25) is 5.79 Å². The van der Waals surface area contributed by atoms with Crippen molar-refractivity contribution in [2.75, 3.05) is 0 Å². The van der Waals surface area contributed by atoms with Crippen LogP contribution < -0.4 is 0 Å². The highest BCUT2D eigenvalue weighted by Gasteiger charge is 2.76. The lowest BCUT2D eigenvalue weighted by Gasteiger charge is -2.62. The highest BCUT2D eigenvalue weighted by atomic mass is 16.8. The summed E-state index contributed by atoms with van der Waals surface area (Å²) in [6, 6.07) is 0. The molecule has 7 aliphatic rings. The molecule has 0 aromatic rings. The number of ether oxygens (including phenoxy) is 2. The first-order chi connectivity index (χ1) is 10.1. The predicted molar refractivity (Wildman–Crippen MR) is 78.6 cm³/mol. The molecule has 6 aliphatic carbocycles. The maximum atomic E-state index is 13.0. The smallest absolute Gasteiger partial charge is 0.232 e. The normalized spacial score (nSPS) is 59.7. The van der Waals surface area contributed by atoms with Crippen LogP contribution in [0.1, 0.15) is 53.4 Å². The fraction of sp³-hybridized carbons (Fsp3) is 0.944. The molecular formula is C18H26O4. The second kappa shape index (κ2) is 3.47. The van der Waals surface area contributed by atoms with Gasteiger partial charge in [-0.05, 0) is 41.9 Å². The zero-order valence-electron chi connectivity index (χ0n) is 13.9. The average molecular weight is 306 g/mol. The number of ketones is 1. The summed E-state index contributed by atoms with van der Waals surface area (Å²) in [6.07, 6.45) is 3.06. The first-order valence-electron chi connectivity index (χ1n) is 8.76. The van der Waals surface area contributed by atoms with Gasteiger partial charge in [-0.2, -0.15) is 0 Å². The average Bonchev–Trinajstić information content (AvgIpc) is 2.73. The van der Waals surface area contributed by atoms with Gasteiger partial charge in [-0.3, -0.25) is 4.79 Å². The second-order valence-electron chi connectivity index (χ2n) is 9.63. The number of hydrogen-bond donors (Lipinski definition) is 1. The van der Waals surface area contributed by atoms with Crippen LogP contribution in [0.2, 0.25) is 0 Å². The molecule has 6 saturated carbocycles.